The summed E-state index contributed by atoms with van der Waals surface area (Å²) in [4.78, 5) is 4.75. The van der Waals surface area contributed by atoms with Crippen LogP contribution < -0.4 is 10.6 Å². The number of hydrogen-bond acceptors (Lipinski definition) is 3. The fourth-order valence-corrected chi connectivity index (χ4v) is 2.35. The number of likely N-dealkylation sites (N-methyl/N-ethyl adjacent to an activating group) is 1. The molecule has 1 aromatic carbocycles. The van der Waals surface area contributed by atoms with Crippen LogP contribution in [-0.4, -0.2) is 38.1 Å². The first-order chi connectivity index (χ1) is 7.58. The first-order valence-corrected chi connectivity index (χ1v) is 5.85. The zero-order chi connectivity index (χ0) is 11.7. The van der Waals surface area contributed by atoms with Crippen LogP contribution in [0, 0.1) is 6.92 Å². The molecule has 1 aliphatic rings. The minimum Gasteiger partial charge on any atom is -0.399 e. The van der Waals surface area contributed by atoms with E-state index in [0.29, 0.717) is 6.04 Å². The highest BCUT2D eigenvalue weighted by Crippen LogP contribution is 2.27. The van der Waals surface area contributed by atoms with Gasteiger partial charge in [0.2, 0.25) is 0 Å². The third-order valence-corrected chi connectivity index (χ3v) is 3.47. The first kappa shape index (κ1) is 11.3. The Morgan fingerprint density at radius 1 is 1.38 bits per heavy atom. The Morgan fingerprint density at radius 2 is 2.12 bits per heavy atom. The molecule has 1 atom stereocenters. The van der Waals surface area contributed by atoms with E-state index in [1.54, 1.807) is 0 Å². The summed E-state index contributed by atoms with van der Waals surface area (Å²) in [7, 11) is 4.31. The van der Waals surface area contributed by atoms with Crippen LogP contribution in [-0.2, 0) is 0 Å². The third-order valence-electron chi connectivity index (χ3n) is 3.47. The maximum absolute atomic E-state index is 5.85. The van der Waals surface area contributed by atoms with Crippen molar-refractivity contribution in [2.45, 2.75) is 19.4 Å². The lowest BCUT2D eigenvalue weighted by Crippen LogP contribution is -2.31. The van der Waals surface area contributed by atoms with E-state index in [9.17, 15) is 0 Å². The Hall–Kier alpha value is -1.22. The monoisotopic (exact) mass is 219 g/mol. The molecule has 1 heterocycles. The summed E-state index contributed by atoms with van der Waals surface area (Å²) in [6.45, 7) is 4.39. The minimum atomic E-state index is 0.667. The summed E-state index contributed by atoms with van der Waals surface area (Å²) in [5.41, 5.74) is 9.32. The Balaban J connectivity index is 2.17. The molecular formula is C13H21N3. The van der Waals surface area contributed by atoms with Crippen molar-refractivity contribution in [3.63, 3.8) is 0 Å². The molecule has 1 aliphatic heterocycles. The Bertz CT molecular complexity index is 373. The van der Waals surface area contributed by atoms with Crippen molar-refractivity contribution in [2.24, 2.45) is 0 Å². The Kier molecular flexibility index (Phi) is 3.06. The SMILES string of the molecule is Cc1ccc(N)cc1N1CC[C@@H](N(C)C)C1. The largest absolute Gasteiger partial charge is 0.399 e. The van der Waals surface area contributed by atoms with E-state index in [0.717, 1.165) is 18.8 Å². The Morgan fingerprint density at radius 3 is 2.75 bits per heavy atom. The fraction of sp³-hybridized carbons (Fsp3) is 0.538. The van der Waals surface area contributed by atoms with Crippen LogP contribution in [0.1, 0.15) is 12.0 Å². The van der Waals surface area contributed by atoms with Crippen molar-refractivity contribution >= 4 is 11.4 Å². The third kappa shape index (κ3) is 2.14. The smallest absolute Gasteiger partial charge is 0.0417 e. The summed E-state index contributed by atoms with van der Waals surface area (Å²) >= 11 is 0. The number of nitrogens with zero attached hydrogens (tertiary/aromatic N) is 2. The van der Waals surface area contributed by atoms with Gasteiger partial charge in [0.05, 0.1) is 0 Å². The van der Waals surface area contributed by atoms with E-state index in [4.69, 9.17) is 5.73 Å². The maximum atomic E-state index is 5.85. The molecule has 16 heavy (non-hydrogen) atoms. The van der Waals surface area contributed by atoms with E-state index >= 15 is 0 Å². The van der Waals surface area contributed by atoms with Crippen molar-refractivity contribution < 1.29 is 0 Å². The average Bonchev–Trinajstić information content (AvgIpc) is 2.70. The molecule has 0 unspecified atom stereocenters. The lowest BCUT2D eigenvalue weighted by Gasteiger charge is -2.23. The van der Waals surface area contributed by atoms with E-state index in [1.807, 2.05) is 6.07 Å². The van der Waals surface area contributed by atoms with E-state index in [1.165, 1.54) is 17.7 Å². The van der Waals surface area contributed by atoms with Gasteiger partial charge in [-0.2, -0.15) is 0 Å². The zero-order valence-corrected chi connectivity index (χ0v) is 10.4. The second-order valence-electron chi connectivity index (χ2n) is 4.90. The topological polar surface area (TPSA) is 32.5 Å². The molecule has 88 valence electrons. The molecule has 0 aliphatic carbocycles. The number of aryl methyl sites for hydroxylation is 1. The van der Waals surface area contributed by atoms with Gasteiger partial charge >= 0.3 is 0 Å². The van der Waals surface area contributed by atoms with Gasteiger partial charge < -0.3 is 15.5 Å². The predicted octanol–water partition coefficient (Wildman–Crippen LogP) is 1.72. The molecule has 2 rings (SSSR count). The lowest BCUT2D eigenvalue weighted by molar-refractivity contribution is 0.315. The van der Waals surface area contributed by atoms with Crippen molar-refractivity contribution in [2.75, 3.05) is 37.8 Å². The number of nitrogen functional groups attached to an aromatic ring is 1. The van der Waals surface area contributed by atoms with Crippen molar-refractivity contribution in [1.29, 1.82) is 0 Å². The van der Waals surface area contributed by atoms with Crippen LogP contribution in [0.2, 0.25) is 0 Å². The van der Waals surface area contributed by atoms with Gasteiger partial charge in [-0.3, -0.25) is 0 Å². The van der Waals surface area contributed by atoms with Crippen LogP contribution >= 0.6 is 0 Å². The highest BCUT2D eigenvalue weighted by atomic mass is 15.2. The molecule has 1 saturated heterocycles. The average molecular weight is 219 g/mol. The number of hydrogen-bond donors (Lipinski definition) is 1. The molecule has 2 N–H and O–H groups in total. The second-order valence-corrected chi connectivity index (χ2v) is 4.90. The lowest BCUT2D eigenvalue weighted by atomic mass is 10.1. The van der Waals surface area contributed by atoms with Gasteiger partial charge in [0, 0.05) is 30.5 Å². The molecule has 0 radical (unpaired) electrons. The summed E-state index contributed by atoms with van der Waals surface area (Å²) in [6.07, 6.45) is 1.24. The fourth-order valence-electron chi connectivity index (χ4n) is 2.35. The maximum Gasteiger partial charge on any atom is 0.0417 e. The standard InChI is InChI=1S/C13H21N3/c1-10-4-5-11(14)8-13(10)16-7-6-12(9-16)15(2)3/h4-5,8,12H,6-7,9,14H2,1-3H3/t12-/m1/s1. The van der Waals surface area contributed by atoms with Gasteiger partial charge in [-0.1, -0.05) is 6.07 Å². The molecular weight excluding hydrogens is 198 g/mol. The van der Waals surface area contributed by atoms with Crippen LogP contribution in [0.3, 0.4) is 0 Å². The molecule has 0 spiro atoms. The van der Waals surface area contributed by atoms with Crippen molar-refractivity contribution in [3.8, 4) is 0 Å². The van der Waals surface area contributed by atoms with Crippen LogP contribution in [0.25, 0.3) is 0 Å². The van der Waals surface area contributed by atoms with Gasteiger partial charge in [-0.15, -0.1) is 0 Å². The van der Waals surface area contributed by atoms with E-state index in [-0.39, 0.29) is 0 Å². The molecule has 3 heteroatoms. The van der Waals surface area contributed by atoms with Gasteiger partial charge in [-0.05, 0) is 45.1 Å². The number of benzene rings is 1. The highest BCUT2D eigenvalue weighted by molar-refractivity contribution is 5.61. The summed E-state index contributed by atoms with van der Waals surface area (Å²) in [5, 5.41) is 0. The molecule has 0 amide bonds. The quantitative estimate of drug-likeness (QED) is 0.769. The van der Waals surface area contributed by atoms with E-state index < -0.39 is 0 Å². The first-order valence-electron chi connectivity index (χ1n) is 5.85. The van der Waals surface area contributed by atoms with E-state index in [2.05, 4.69) is 43.0 Å². The van der Waals surface area contributed by atoms with Gasteiger partial charge in [0.1, 0.15) is 0 Å². The summed E-state index contributed by atoms with van der Waals surface area (Å²) in [5.74, 6) is 0. The normalized spacial score (nSPS) is 20.8. The van der Waals surface area contributed by atoms with Crippen molar-refractivity contribution in [1.82, 2.24) is 4.90 Å². The molecule has 0 aromatic heterocycles. The van der Waals surface area contributed by atoms with Crippen LogP contribution in [0.15, 0.2) is 18.2 Å². The van der Waals surface area contributed by atoms with Crippen LogP contribution in [0.5, 0.6) is 0 Å². The molecule has 1 fully saturated rings. The highest BCUT2D eigenvalue weighted by Gasteiger charge is 2.24. The Labute approximate surface area is 97.8 Å². The van der Waals surface area contributed by atoms with Gasteiger partial charge in [0.15, 0.2) is 0 Å². The number of anilines is 2. The van der Waals surface area contributed by atoms with Crippen LogP contribution in [0.4, 0.5) is 11.4 Å². The molecule has 3 nitrogen and oxygen atoms in total. The summed E-state index contributed by atoms with van der Waals surface area (Å²) < 4.78 is 0. The molecule has 1 aromatic rings. The minimum absolute atomic E-state index is 0.667. The summed E-state index contributed by atoms with van der Waals surface area (Å²) in [6, 6.07) is 6.83. The number of rotatable bonds is 2. The number of nitrogens with two attached hydrogens (primary N) is 1. The van der Waals surface area contributed by atoms with Gasteiger partial charge in [0.25, 0.3) is 0 Å². The second kappa shape index (κ2) is 4.34. The van der Waals surface area contributed by atoms with Crippen molar-refractivity contribution in [3.05, 3.63) is 23.8 Å². The zero-order valence-electron chi connectivity index (χ0n) is 10.4. The predicted molar refractivity (Wildman–Crippen MR) is 69.9 cm³/mol. The molecule has 0 bridgehead atoms. The molecule has 0 saturated carbocycles. The van der Waals surface area contributed by atoms with Gasteiger partial charge in [-0.25, -0.2) is 0 Å².